The van der Waals surface area contributed by atoms with E-state index >= 15 is 0 Å². The number of carboxylic acid groups (broad SMARTS) is 1. The number of benzene rings is 2. The predicted molar refractivity (Wildman–Crippen MR) is 141 cm³/mol. The molecule has 204 valence electrons. The molecule has 4 aromatic rings. The van der Waals surface area contributed by atoms with Gasteiger partial charge < -0.3 is 14.9 Å². The smallest absolute Gasteiger partial charge is 0.417 e. The molecular formula is C30H25F3N4O3. The second kappa shape index (κ2) is 8.99. The molecule has 40 heavy (non-hydrogen) atoms. The zero-order valence-corrected chi connectivity index (χ0v) is 21.4. The van der Waals surface area contributed by atoms with Crippen molar-refractivity contribution in [2.45, 2.75) is 44.2 Å². The lowest BCUT2D eigenvalue weighted by molar-refractivity contribution is -0.137. The van der Waals surface area contributed by atoms with E-state index in [9.17, 15) is 23.1 Å². The third-order valence-corrected chi connectivity index (χ3v) is 8.41. The molecule has 2 aliphatic carbocycles. The van der Waals surface area contributed by atoms with Crippen LogP contribution in [0.15, 0.2) is 53.2 Å². The van der Waals surface area contributed by atoms with Crippen molar-refractivity contribution in [1.82, 2.24) is 20.4 Å². The highest BCUT2D eigenvalue weighted by Crippen LogP contribution is 2.63. The maximum Gasteiger partial charge on any atom is 0.417 e. The van der Waals surface area contributed by atoms with Gasteiger partial charge in [0.15, 0.2) is 5.69 Å². The molecular weight excluding hydrogens is 521 g/mol. The van der Waals surface area contributed by atoms with Crippen LogP contribution in [0.5, 0.6) is 0 Å². The van der Waals surface area contributed by atoms with E-state index in [2.05, 4.69) is 20.4 Å². The highest BCUT2D eigenvalue weighted by molar-refractivity contribution is 6.04. The van der Waals surface area contributed by atoms with Crippen molar-refractivity contribution >= 4 is 28.1 Å². The molecule has 3 aliphatic rings. The zero-order chi connectivity index (χ0) is 27.6. The summed E-state index contributed by atoms with van der Waals surface area (Å²) in [6.45, 7) is 1.68. The summed E-state index contributed by atoms with van der Waals surface area (Å²) in [5.74, 6) is -0.345. The fourth-order valence-corrected chi connectivity index (χ4v) is 6.36. The van der Waals surface area contributed by atoms with Gasteiger partial charge in [-0.1, -0.05) is 29.4 Å². The normalized spacial score (nSPS) is 18.8. The van der Waals surface area contributed by atoms with Crippen LogP contribution < -0.4 is 5.32 Å². The number of carbonyl (C=O) groups is 1. The number of halogens is 3. The fourth-order valence-electron chi connectivity index (χ4n) is 6.36. The van der Waals surface area contributed by atoms with Crippen LogP contribution in [0.2, 0.25) is 0 Å². The Bertz CT molecular complexity index is 1700. The summed E-state index contributed by atoms with van der Waals surface area (Å²) < 4.78 is 48.0. The Morgan fingerprint density at radius 2 is 1.85 bits per heavy atom. The molecule has 0 amide bonds. The van der Waals surface area contributed by atoms with E-state index in [-0.39, 0.29) is 28.3 Å². The first kappa shape index (κ1) is 25.0. The van der Waals surface area contributed by atoms with Gasteiger partial charge in [-0.15, -0.1) is 0 Å². The number of rotatable bonds is 5. The number of carboxylic acids is 1. The second-order valence-corrected chi connectivity index (χ2v) is 10.9. The van der Waals surface area contributed by atoms with Gasteiger partial charge in [0.2, 0.25) is 0 Å². The van der Waals surface area contributed by atoms with E-state index in [1.807, 2.05) is 12.1 Å². The summed E-state index contributed by atoms with van der Waals surface area (Å²) in [5, 5.41) is 17.0. The molecule has 0 unspecified atom stereocenters. The van der Waals surface area contributed by atoms with Crippen LogP contribution in [0.3, 0.4) is 0 Å². The summed E-state index contributed by atoms with van der Waals surface area (Å²) in [6.07, 6.45) is 1.04. The van der Waals surface area contributed by atoms with Crippen molar-refractivity contribution in [2.75, 3.05) is 13.1 Å². The van der Waals surface area contributed by atoms with Gasteiger partial charge in [0.05, 0.1) is 22.8 Å². The number of aromatic carboxylic acids is 1. The molecule has 2 fully saturated rings. The molecule has 0 atom stereocenters. The lowest BCUT2D eigenvalue weighted by atomic mass is 9.56. The van der Waals surface area contributed by atoms with Crippen molar-refractivity contribution in [3.8, 4) is 11.3 Å². The maximum absolute atomic E-state index is 14.1. The number of aromatic nitrogens is 3. The van der Waals surface area contributed by atoms with E-state index in [0.29, 0.717) is 28.8 Å². The van der Waals surface area contributed by atoms with Gasteiger partial charge in [-0.3, -0.25) is 4.98 Å². The van der Waals surface area contributed by atoms with Crippen molar-refractivity contribution in [1.29, 1.82) is 0 Å². The fraction of sp³-hybridized carbons (Fsp3) is 0.333. The minimum atomic E-state index is -4.54. The first-order valence-electron chi connectivity index (χ1n) is 13.4. The molecule has 2 aromatic heterocycles. The predicted octanol–water partition coefficient (Wildman–Crippen LogP) is 6.56. The summed E-state index contributed by atoms with van der Waals surface area (Å²) >= 11 is 0. The number of hydrogen-bond donors (Lipinski definition) is 2. The van der Waals surface area contributed by atoms with Gasteiger partial charge in [0.1, 0.15) is 11.5 Å². The third-order valence-electron chi connectivity index (χ3n) is 8.41. The van der Waals surface area contributed by atoms with Gasteiger partial charge in [-0.2, -0.15) is 13.2 Å². The minimum absolute atomic E-state index is 0.0179. The lowest BCUT2D eigenvalue weighted by Crippen LogP contribution is -2.42. The standard InChI is InChI=1S/C30H25F3N4O3/c31-30(32,33)20-4-2-1-3-18(20)26-24(27(40-37-26)16-5-6-16)19-14-29(9-11-34-12-10-29)25(19)17-7-8-21-22(13-17)35-15-23(36-21)28(38)39/h1-4,7-8,13,15-16,34H,5-6,9-12,14H2,(H,38,39). The Labute approximate surface area is 227 Å². The molecule has 2 N–H and O–H groups in total. The van der Waals surface area contributed by atoms with E-state index in [4.69, 9.17) is 4.52 Å². The SMILES string of the molecule is O=C(O)c1cnc2cc(C3=C(c4c(-c5ccccc5C(F)(F)F)noc4C4CC4)CC34CCNCC4)ccc2n1. The van der Waals surface area contributed by atoms with Crippen LogP contribution in [0, 0.1) is 5.41 Å². The topological polar surface area (TPSA) is 101 Å². The number of nitrogens with one attached hydrogen (secondary N) is 1. The summed E-state index contributed by atoms with van der Waals surface area (Å²) in [6, 6.07) is 11.1. The number of fused-ring (bicyclic) bond motifs is 1. The van der Waals surface area contributed by atoms with E-state index in [1.165, 1.54) is 18.3 Å². The number of piperidine rings is 1. The maximum atomic E-state index is 14.1. The molecule has 0 bridgehead atoms. The quantitative estimate of drug-likeness (QED) is 0.292. The average molecular weight is 547 g/mol. The summed E-state index contributed by atoms with van der Waals surface area (Å²) in [7, 11) is 0. The highest BCUT2D eigenvalue weighted by atomic mass is 19.4. The largest absolute Gasteiger partial charge is 0.476 e. The number of allylic oxidation sites excluding steroid dienone is 2. The molecule has 0 radical (unpaired) electrons. The van der Waals surface area contributed by atoms with Crippen LogP contribution in [0.25, 0.3) is 33.4 Å². The van der Waals surface area contributed by atoms with Crippen molar-refractivity contribution < 1.29 is 27.6 Å². The van der Waals surface area contributed by atoms with Crippen molar-refractivity contribution in [3.63, 3.8) is 0 Å². The van der Waals surface area contributed by atoms with Crippen LogP contribution in [-0.4, -0.2) is 39.3 Å². The Balaban J connectivity index is 1.45. The molecule has 7 nitrogen and oxygen atoms in total. The van der Waals surface area contributed by atoms with Crippen LogP contribution in [0.4, 0.5) is 13.2 Å². The second-order valence-electron chi connectivity index (χ2n) is 10.9. The molecule has 1 saturated heterocycles. The molecule has 2 aromatic carbocycles. The zero-order valence-electron chi connectivity index (χ0n) is 21.4. The average Bonchev–Trinajstić information content (AvgIpc) is 3.70. The van der Waals surface area contributed by atoms with Gasteiger partial charge >= 0.3 is 12.1 Å². The number of hydrogen-bond acceptors (Lipinski definition) is 6. The van der Waals surface area contributed by atoms with Crippen LogP contribution >= 0.6 is 0 Å². The Hall–Kier alpha value is -4.05. The van der Waals surface area contributed by atoms with Crippen LogP contribution in [-0.2, 0) is 6.18 Å². The highest BCUT2D eigenvalue weighted by Gasteiger charge is 2.49. The van der Waals surface area contributed by atoms with Crippen LogP contribution in [0.1, 0.15) is 71.0 Å². The molecule has 10 heteroatoms. The summed E-state index contributed by atoms with van der Waals surface area (Å²) in [4.78, 5) is 19.9. The van der Waals surface area contributed by atoms with Crippen molar-refractivity contribution in [3.05, 3.63) is 76.8 Å². The summed E-state index contributed by atoms with van der Waals surface area (Å²) in [5.41, 5.74) is 3.90. The Kier molecular flexibility index (Phi) is 5.61. The number of alkyl halides is 3. The molecule has 1 spiro atoms. The third kappa shape index (κ3) is 4.00. The minimum Gasteiger partial charge on any atom is -0.476 e. The lowest BCUT2D eigenvalue weighted by Gasteiger charge is -2.49. The monoisotopic (exact) mass is 546 g/mol. The van der Waals surface area contributed by atoms with E-state index in [1.54, 1.807) is 12.1 Å². The van der Waals surface area contributed by atoms with Gasteiger partial charge in [-0.25, -0.2) is 9.78 Å². The molecule has 1 aliphatic heterocycles. The van der Waals surface area contributed by atoms with E-state index < -0.39 is 17.7 Å². The molecule has 7 rings (SSSR count). The van der Waals surface area contributed by atoms with Gasteiger partial charge in [0.25, 0.3) is 0 Å². The Morgan fingerprint density at radius 3 is 2.58 bits per heavy atom. The van der Waals surface area contributed by atoms with Gasteiger partial charge in [-0.05, 0) is 80.1 Å². The molecule has 3 heterocycles. The first-order valence-corrected chi connectivity index (χ1v) is 13.4. The number of nitrogens with zero attached hydrogens (tertiary/aromatic N) is 3. The van der Waals surface area contributed by atoms with Crippen molar-refractivity contribution in [2.24, 2.45) is 5.41 Å². The Morgan fingerprint density at radius 1 is 1.07 bits per heavy atom. The molecule has 1 saturated carbocycles. The van der Waals surface area contributed by atoms with Gasteiger partial charge in [0, 0.05) is 22.5 Å². The van der Waals surface area contributed by atoms with E-state index in [0.717, 1.165) is 61.5 Å². The first-order chi connectivity index (χ1) is 19.2.